The number of allylic oxidation sites excluding steroid dienone is 5. The van der Waals surface area contributed by atoms with Gasteiger partial charge in [-0.25, -0.2) is 0 Å². The third-order valence-electron chi connectivity index (χ3n) is 10.4. The lowest BCUT2D eigenvalue weighted by atomic mass is 9.85. The third kappa shape index (κ3) is 9.08. The van der Waals surface area contributed by atoms with E-state index in [4.69, 9.17) is 4.74 Å². The highest BCUT2D eigenvalue weighted by molar-refractivity contribution is 5.71. The normalized spacial score (nSPS) is 20.1. The van der Waals surface area contributed by atoms with E-state index in [0.717, 1.165) is 83.7 Å². The number of aromatic nitrogens is 1. The molecule has 0 spiro atoms. The van der Waals surface area contributed by atoms with E-state index in [1.54, 1.807) is 13.3 Å². The Morgan fingerprint density at radius 2 is 1.40 bits per heavy atom. The number of hydrogen-bond acceptors (Lipinski definition) is 7. The standard InChI is InChI=1S/C41H48N4O5/c1-50-35-18-31(23-44-26-35)17-32-9-4-12-45-39(22-30-8-3-7-29(16-30)21-38(41(48)49)34-11-14-43-25-34)36(32)19-27-5-2-6-28(15-27)20-37(40(46)47)33-10-13-42-24-33/h2-9,12,15-16,18,23,26,33-34,37-38,42-43,45H,10-11,13-14,17,19-22,24-25H2,1H3,(H,46,47)(H,48,49)/t33-,34-,37-,38-/m0/s1. The Bertz CT molecular complexity index is 1750. The maximum Gasteiger partial charge on any atom is 0.307 e. The first kappa shape index (κ1) is 35.1. The molecule has 4 heterocycles. The summed E-state index contributed by atoms with van der Waals surface area (Å²) in [5.74, 6) is -1.34. The first-order valence-corrected chi connectivity index (χ1v) is 17.7. The number of carboxylic acids is 2. The van der Waals surface area contributed by atoms with E-state index in [0.29, 0.717) is 37.9 Å². The number of ether oxygens (including phenoxy) is 1. The zero-order chi connectivity index (χ0) is 34.9. The summed E-state index contributed by atoms with van der Waals surface area (Å²) in [6, 6.07) is 18.7. The predicted octanol–water partition coefficient (Wildman–Crippen LogP) is 5.12. The zero-order valence-corrected chi connectivity index (χ0v) is 28.7. The van der Waals surface area contributed by atoms with Crippen LogP contribution in [0.4, 0.5) is 0 Å². The van der Waals surface area contributed by atoms with Gasteiger partial charge in [0.2, 0.25) is 0 Å². The van der Waals surface area contributed by atoms with Crippen molar-refractivity contribution in [1.82, 2.24) is 20.9 Å². The molecule has 9 nitrogen and oxygen atoms in total. The van der Waals surface area contributed by atoms with Crippen LogP contribution < -0.4 is 20.7 Å². The van der Waals surface area contributed by atoms with Crippen molar-refractivity contribution in [2.45, 2.75) is 44.9 Å². The number of benzene rings is 2. The minimum atomic E-state index is -0.734. The maximum absolute atomic E-state index is 12.3. The SMILES string of the molecule is COc1cncc(CC2=CC=CNC(Cc3cccc(C[C@H](C(=O)O)[C@H]4CCNC4)c3)=C2Cc2cccc(C[C@H](C(=O)O)[C@H]3CCNC3)c2)c1. The van der Waals surface area contributed by atoms with Crippen LogP contribution in [0, 0.1) is 23.7 Å². The van der Waals surface area contributed by atoms with E-state index in [1.807, 2.05) is 48.8 Å². The van der Waals surface area contributed by atoms with Crippen LogP contribution >= 0.6 is 0 Å². The van der Waals surface area contributed by atoms with Gasteiger partial charge < -0.3 is 30.9 Å². The highest BCUT2D eigenvalue weighted by Gasteiger charge is 2.32. The molecule has 2 aromatic carbocycles. The van der Waals surface area contributed by atoms with Crippen LogP contribution in [0.25, 0.3) is 0 Å². The van der Waals surface area contributed by atoms with Crippen LogP contribution in [0.15, 0.2) is 102 Å². The van der Waals surface area contributed by atoms with E-state index in [1.165, 1.54) is 0 Å². The number of rotatable bonds is 15. The fourth-order valence-corrected chi connectivity index (χ4v) is 7.73. The molecular weight excluding hydrogens is 628 g/mol. The van der Waals surface area contributed by atoms with Gasteiger partial charge in [-0.3, -0.25) is 14.6 Å². The molecule has 2 fully saturated rings. The largest absolute Gasteiger partial charge is 0.495 e. The number of hydrogen-bond donors (Lipinski definition) is 5. The Balaban J connectivity index is 1.30. The molecule has 6 rings (SSSR count). The number of aliphatic carboxylic acids is 2. The van der Waals surface area contributed by atoms with E-state index < -0.39 is 23.8 Å². The van der Waals surface area contributed by atoms with E-state index in [9.17, 15) is 19.8 Å². The molecule has 0 radical (unpaired) electrons. The zero-order valence-electron chi connectivity index (χ0n) is 28.7. The van der Waals surface area contributed by atoms with Crippen molar-refractivity contribution in [3.63, 3.8) is 0 Å². The predicted molar refractivity (Wildman–Crippen MR) is 194 cm³/mol. The number of carbonyl (C=O) groups is 2. The summed E-state index contributed by atoms with van der Waals surface area (Å²) in [5.41, 5.74) is 8.71. The van der Waals surface area contributed by atoms with Gasteiger partial charge >= 0.3 is 11.9 Å². The van der Waals surface area contributed by atoms with Gasteiger partial charge in [0.05, 0.1) is 25.1 Å². The molecule has 50 heavy (non-hydrogen) atoms. The minimum absolute atomic E-state index is 0.130. The molecule has 262 valence electrons. The number of nitrogens with zero attached hydrogens (tertiary/aromatic N) is 1. The van der Waals surface area contributed by atoms with Gasteiger partial charge in [-0.2, -0.15) is 0 Å². The summed E-state index contributed by atoms with van der Waals surface area (Å²) in [6.07, 6.45) is 14.4. The summed E-state index contributed by atoms with van der Waals surface area (Å²) in [4.78, 5) is 28.9. The summed E-state index contributed by atoms with van der Waals surface area (Å²) in [6.45, 7) is 3.23. The Morgan fingerprint density at radius 3 is 1.96 bits per heavy atom. The quantitative estimate of drug-likeness (QED) is 0.149. The monoisotopic (exact) mass is 676 g/mol. The second-order valence-electron chi connectivity index (χ2n) is 13.9. The van der Waals surface area contributed by atoms with Crippen LogP contribution in [0.2, 0.25) is 0 Å². The van der Waals surface area contributed by atoms with E-state index >= 15 is 0 Å². The van der Waals surface area contributed by atoms with Crippen LogP contribution in [-0.2, 0) is 41.7 Å². The van der Waals surface area contributed by atoms with Crippen LogP contribution in [-0.4, -0.2) is 60.4 Å². The molecule has 3 aromatic rings. The van der Waals surface area contributed by atoms with Crippen molar-refractivity contribution in [3.05, 3.63) is 130 Å². The molecule has 3 aliphatic rings. The second-order valence-corrected chi connectivity index (χ2v) is 13.9. The maximum atomic E-state index is 12.3. The molecule has 5 N–H and O–H groups in total. The van der Waals surface area contributed by atoms with Gasteiger partial charge in [0.1, 0.15) is 5.75 Å². The van der Waals surface area contributed by atoms with Crippen molar-refractivity contribution in [2.75, 3.05) is 33.3 Å². The van der Waals surface area contributed by atoms with Gasteiger partial charge in [0.25, 0.3) is 0 Å². The van der Waals surface area contributed by atoms with Crippen LogP contribution in [0.1, 0.15) is 40.7 Å². The lowest BCUT2D eigenvalue weighted by Gasteiger charge is -2.21. The van der Waals surface area contributed by atoms with Gasteiger partial charge in [-0.1, -0.05) is 54.6 Å². The Morgan fingerprint density at radius 1 is 0.800 bits per heavy atom. The van der Waals surface area contributed by atoms with Crippen molar-refractivity contribution in [2.24, 2.45) is 23.7 Å². The minimum Gasteiger partial charge on any atom is -0.495 e. The average molecular weight is 677 g/mol. The molecule has 3 aliphatic heterocycles. The molecular formula is C41H48N4O5. The Hall–Kier alpha value is -4.73. The summed E-state index contributed by atoms with van der Waals surface area (Å²) in [5, 5.41) is 30.4. The van der Waals surface area contributed by atoms with Crippen LogP contribution in [0.5, 0.6) is 5.75 Å². The second kappa shape index (κ2) is 16.8. The summed E-state index contributed by atoms with van der Waals surface area (Å²) < 4.78 is 5.47. The lowest BCUT2D eigenvalue weighted by molar-refractivity contribution is -0.144. The summed E-state index contributed by atoms with van der Waals surface area (Å²) in [7, 11) is 1.64. The van der Waals surface area contributed by atoms with Gasteiger partial charge in [0, 0.05) is 24.5 Å². The molecule has 4 atom stereocenters. The first-order valence-electron chi connectivity index (χ1n) is 17.7. The fourth-order valence-electron chi connectivity index (χ4n) is 7.73. The van der Waals surface area contributed by atoms with Crippen molar-refractivity contribution in [3.8, 4) is 5.75 Å². The number of carboxylic acid groups (broad SMARTS) is 2. The molecule has 1 aromatic heterocycles. The smallest absolute Gasteiger partial charge is 0.307 e. The third-order valence-corrected chi connectivity index (χ3v) is 10.4. The fraction of sp³-hybridized carbons (Fsp3) is 0.390. The Labute approximate surface area is 294 Å². The van der Waals surface area contributed by atoms with E-state index in [-0.39, 0.29) is 11.8 Å². The lowest BCUT2D eigenvalue weighted by Crippen LogP contribution is -2.27. The number of methoxy groups -OCH3 is 1. The molecule has 9 heteroatoms. The Kier molecular flexibility index (Phi) is 11.8. The molecule has 0 saturated carbocycles. The highest BCUT2D eigenvalue weighted by Crippen LogP contribution is 2.30. The average Bonchev–Trinajstić information content (AvgIpc) is 3.82. The number of nitrogens with one attached hydrogen (secondary N) is 3. The molecule has 0 unspecified atom stereocenters. The van der Waals surface area contributed by atoms with Crippen molar-refractivity contribution < 1.29 is 24.5 Å². The van der Waals surface area contributed by atoms with Gasteiger partial charge in [-0.05, 0) is 128 Å². The topological polar surface area (TPSA) is 133 Å². The molecule has 0 aliphatic carbocycles. The summed E-state index contributed by atoms with van der Waals surface area (Å²) >= 11 is 0. The molecule has 0 bridgehead atoms. The molecule has 2 saturated heterocycles. The van der Waals surface area contributed by atoms with Crippen LogP contribution in [0.3, 0.4) is 0 Å². The number of pyridine rings is 1. The van der Waals surface area contributed by atoms with E-state index in [2.05, 4.69) is 51.3 Å². The van der Waals surface area contributed by atoms with Gasteiger partial charge in [-0.15, -0.1) is 0 Å². The highest BCUT2D eigenvalue weighted by atomic mass is 16.5. The first-order chi connectivity index (χ1) is 24.4. The molecule has 0 amide bonds. The van der Waals surface area contributed by atoms with Gasteiger partial charge in [0.15, 0.2) is 0 Å². The van der Waals surface area contributed by atoms with Crippen molar-refractivity contribution in [1.29, 1.82) is 0 Å². The van der Waals surface area contributed by atoms with Crippen molar-refractivity contribution >= 4 is 11.9 Å².